The number of aryl methyl sites for hydroxylation is 3. The molecule has 2 aromatic heterocycles. The van der Waals surface area contributed by atoms with Gasteiger partial charge < -0.3 is 9.67 Å². The van der Waals surface area contributed by atoms with Gasteiger partial charge in [-0.3, -0.25) is 4.68 Å². The summed E-state index contributed by atoms with van der Waals surface area (Å²) in [5.74, 6) is -0.891. The van der Waals surface area contributed by atoms with Gasteiger partial charge in [0.2, 0.25) is 0 Å². The van der Waals surface area contributed by atoms with Crippen molar-refractivity contribution in [3.8, 4) is 0 Å². The SMILES string of the molecule is Cc1c(C)n(CCn2cccn2)c2ccc(C(=O)O)cc12. The molecule has 2 heterocycles. The molecule has 0 saturated carbocycles. The summed E-state index contributed by atoms with van der Waals surface area (Å²) in [4.78, 5) is 11.1. The van der Waals surface area contributed by atoms with Gasteiger partial charge in [0.05, 0.1) is 12.1 Å². The fraction of sp³-hybridized carbons (Fsp3) is 0.250. The summed E-state index contributed by atoms with van der Waals surface area (Å²) in [5, 5.41) is 14.3. The predicted octanol–water partition coefficient (Wildman–Crippen LogP) is 2.85. The molecule has 0 aliphatic carbocycles. The van der Waals surface area contributed by atoms with Gasteiger partial charge in [-0.1, -0.05) is 0 Å². The summed E-state index contributed by atoms with van der Waals surface area (Å²) in [6.45, 7) is 5.70. The number of carbonyl (C=O) groups is 1. The Labute approximate surface area is 122 Å². The molecule has 21 heavy (non-hydrogen) atoms. The lowest BCUT2D eigenvalue weighted by Crippen LogP contribution is -2.09. The van der Waals surface area contributed by atoms with E-state index in [0.29, 0.717) is 5.56 Å². The molecule has 1 N–H and O–H groups in total. The first-order chi connectivity index (χ1) is 10.1. The minimum Gasteiger partial charge on any atom is -0.478 e. The van der Waals surface area contributed by atoms with E-state index in [9.17, 15) is 4.79 Å². The van der Waals surface area contributed by atoms with Crippen LogP contribution in [-0.2, 0) is 13.1 Å². The van der Waals surface area contributed by atoms with Crippen LogP contribution >= 0.6 is 0 Å². The van der Waals surface area contributed by atoms with Crippen LogP contribution in [0.5, 0.6) is 0 Å². The van der Waals surface area contributed by atoms with Gasteiger partial charge in [0.15, 0.2) is 0 Å². The van der Waals surface area contributed by atoms with Crippen molar-refractivity contribution >= 4 is 16.9 Å². The maximum atomic E-state index is 11.1. The molecule has 0 unspecified atom stereocenters. The molecular formula is C16H17N3O2. The minimum atomic E-state index is -0.891. The molecule has 3 aromatic rings. The van der Waals surface area contributed by atoms with E-state index in [1.54, 1.807) is 18.3 Å². The third-order valence-electron chi connectivity index (χ3n) is 4.00. The van der Waals surface area contributed by atoms with E-state index in [0.717, 1.165) is 29.6 Å². The molecule has 0 radical (unpaired) electrons. The fourth-order valence-corrected chi connectivity index (χ4v) is 2.71. The van der Waals surface area contributed by atoms with Crippen LogP contribution in [0.1, 0.15) is 21.6 Å². The topological polar surface area (TPSA) is 60.0 Å². The average Bonchev–Trinajstić information content (AvgIpc) is 3.06. The summed E-state index contributed by atoms with van der Waals surface area (Å²) in [7, 11) is 0. The van der Waals surface area contributed by atoms with E-state index in [1.165, 1.54) is 5.69 Å². The zero-order valence-electron chi connectivity index (χ0n) is 12.1. The third kappa shape index (κ3) is 2.31. The van der Waals surface area contributed by atoms with Crippen LogP contribution in [0.3, 0.4) is 0 Å². The van der Waals surface area contributed by atoms with Crippen LogP contribution in [0.25, 0.3) is 10.9 Å². The van der Waals surface area contributed by atoms with Crippen molar-refractivity contribution in [2.45, 2.75) is 26.9 Å². The van der Waals surface area contributed by atoms with Crippen molar-refractivity contribution in [1.29, 1.82) is 0 Å². The van der Waals surface area contributed by atoms with Crippen molar-refractivity contribution in [3.63, 3.8) is 0 Å². The number of hydrogen-bond donors (Lipinski definition) is 1. The molecule has 0 spiro atoms. The number of rotatable bonds is 4. The second kappa shape index (κ2) is 5.09. The molecule has 3 rings (SSSR count). The van der Waals surface area contributed by atoms with Gasteiger partial charge in [0.25, 0.3) is 0 Å². The van der Waals surface area contributed by atoms with Crippen LogP contribution in [0.2, 0.25) is 0 Å². The highest BCUT2D eigenvalue weighted by Crippen LogP contribution is 2.26. The smallest absolute Gasteiger partial charge is 0.335 e. The summed E-state index contributed by atoms with van der Waals surface area (Å²) in [6.07, 6.45) is 3.71. The number of aromatic carboxylic acids is 1. The zero-order chi connectivity index (χ0) is 15.0. The lowest BCUT2D eigenvalue weighted by molar-refractivity contribution is 0.0697. The Balaban J connectivity index is 2.02. The average molecular weight is 283 g/mol. The molecule has 0 atom stereocenters. The molecule has 0 fully saturated rings. The van der Waals surface area contributed by atoms with Crippen molar-refractivity contribution in [3.05, 3.63) is 53.5 Å². The molecule has 0 aliphatic heterocycles. The molecule has 1 aromatic carbocycles. The quantitative estimate of drug-likeness (QED) is 0.801. The normalized spacial score (nSPS) is 11.1. The first-order valence-corrected chi connectivity index (χ1v) is 6.88. The largest absolute Gasteiger partial charge is 0.478 e. The van der Waals surface area contributed by atoms with Crippen molar-refractivity contribution in [2.24, 2.45) is 0 Å². The molecule has 0 amide bonds. The number of nitrogens with zero attached hydrogens (tertiary/aromatic N) is 3. The number of fused-ring (bicyclic) bond motifs is 1. The maximum absolute atomic E-state index is 11.1. The Hall–Kier alpha value is -2.56. The van der Waals surface area contributed by atoms with Gasteiger partial charge >= 0.3 is 5.97 Å². The van der Waals surface area contributed by atoms with Crippen molar-refractivity contribution < 1.29 is 9.90 Å². The van der Waals surface area contributed by atoms with Crippen LogP contribution in [0.15, 0.2) is 36.7 Å². The van der Waals surface area contributed by atoms with Crippen LogP contribution in [0.4, 0.5) is 0 Å². The maximum Gasteiger partial charge on any atom is 0.335 e. The van der Waals surface area contributed by atoms with Gasteiger partial charge in [0, 0.05) is 35.5 Å². The molecule has 0 bridgehead atoms. The Morgan fingerprint density at radius 2 is 2.10 bits per heavy atom. The summed E-state index contributed by atoms with van der Waals surface area (Å²) in [6, 6.07) is 7.21. The minimum absolute atomic E-state index is 0.329. The Kier molecular flexibility index (Phi) is 3.25. The van der Waals surface area contributed by atoms with E-state index < -0.39 is 5.97 Å². The highest BCUT2D eigenvalue weighted by molar-refractivity contribution is 5.95. The van der Waals surface area contributed by atoms with Gasteiger partial charge in [-0.05, 0) is 43.7 Å². The number of hydrogen-bond acceptors (Lipinski definition) is 2. The second-order valence-electron chi connectivity index (χ2n) is 5.17. The first-order valence-electron chi connectivity index (χ1n) is 6.88. The van der Waals surface area contributed by atoms with Crippen LogP contribution in [0, 0.1) is 13.8 Å². The van der Waals surface area contributed by atoms with Crippen molar-refractivity contribution in [2.75, 3.05) is 0 Å². The van der Waals surface area contributed by atoms with Gasteiger partial charge in [-0.25, -0.2) is 4.79 Å². The predicted molar refractivity (Wildman–Crippen MR) is 80.6 cm³/mol. The molecule has 0 aliphatic rings. The number of carboxylic acids is 1. The lowest BCUT2D eigenvalue weighted by Gasteiger charge is -2.09. The Morgan fingerprint density at radius 3 is 2.76 bits per heavy atom. The number of aromatic nitrogens is 3. The monoisotopic (exact) mass is 283 g/mol. The lowest BCUT2D eigenvalue weighted by atomic mass is 10.1. The Bertz CT molecular complexity index is 801. The Morgan fingerprint density at radius 1 is 1.29 bits per heavy atom. The molecule has 0 saturated heterocycles. The van der Waals surface area contributed by atoms with E-state index in [2.05, 4.69) is 16.6 Å². The van der Waals surface area contributed by atoms with E-state index in [-0.39, 0.29) is 0 Å². The summed E-state index contributed by atoms with van der Waals surface area (Å²) >= 11 is 0. The van der Waals surface area contributed by atoms with E-state index in [4.69, 9.17) is 5.11 Å². The second-order valence-corrected chi connectivity index (χ2v) is 5.17. The van der Waals surface area contributed by atoms with Crippen LogP contribution in [-0.4, -0.2) is 25.4 Å². The highest BCUT2D eigenvalue weighted by Gasteiger charge is 2.13. The molecule has 5 nitrogen and oxygen atoms in total. The standard InChI is InChI=1S/C16H17N3O2/c1-11-12(2)19(9-8-18-7-3-6-17-18)15-5-4-13(16(20)21)10-14(11)15/h3-7,10H,8-9H2,1-2H3,(H,20,21). The van der Waals surface area contributed by atoms with Gasteiger partial charge in [-0.15, -0.1) is 0 Å². The summed E-state index contributed by atoms with van der Waals surface area (Å²) < 4.78 is 4.12. The molecule has 5 heteroatoms. The number of benzene rings is 1. The van der Waals surface area contributed by atoms with E-state index >= 15 is 0 Å². The third-order valence-corrected chi connectivity index (χ3v) is 4.00. The van der Waals surface area contributed by atoms with Crippen molar-refractivity contribution in [1.82, 2.24) is 14.3 Å². The number of carboxylic acid groups (broad SMARTS) is 1. The van der Waals surface area contributed by atoms with Crippen LogP contribution < -0.4 is 0 Å². The van der Waals surface area contributed by atoms with Gasteiger partial charge in [-0.2, -0.15) is 5.10 Å². The zero-order valence-corrected chi connectivity index (χ0v) is 12.1. The van der Waals surface area contributed by atoms with Gasteiger partial charge in [0.1, 0.15) is 0 Å². The molecule has 108 valence electrons. The highest BCUT2D eigenvalue weighted by atomic mass is 16.4. The summed E-state index contributed by atoms with van der Waals surface area (Å²) in [5.41, 5.74) is 3.70. The first kappa shape index (κ1) is 13.4. The molecular weight excluding hydrogens is 266 g/mol. The fourth-order valence-electron chi connectivity index (χ4n) is 2.71. The van der Waals surface area contributed by atoms with E-state index in [1.807, 2.05) is 29.9 Å².